The van der Waals surface area contributed by atoms with Crippen molar-refractivity contribution >= 4 is 34.1 Å². The van der Waals surface area contributed by atoms with Crippen LogP contribution in [0.2, 0.25) is 0 Å². The number of rotatable bonds is 8. The zero-order valence-electron chi connectivity index (χ0n) is 15.2. The van der Waals surface area contributed by atoms with Crippen molar-refractivity contribution in [2.45, 2.75) is 13.8 Å². The fourth-order valence-electron chi connectivity index (χ4n) is 2.29. The number of carbonyl (C=O) groups excluding carboxylic acids is 3. The molecule has 0 bridgehead atoms. The van der Waals surface area contributed by atoms with E-state index in [9.17, 15) is 14.4 Å². The summed E-state index contributed by atoms with van der Waals surface area (Å²) in [5.74, 6) is -0.771. The van der Waals surface area contributed by atoms with Crippen molar-refractivity contribution in [1.29, 1.82) is 0 Å². The van der Waals surface area contributed by atoms with Crippen LogP contribution in [0.5, 0.6) is 11.5 Å². The first-order chi connectivity index (χ1) is 12.9. The smallest absolute Gasteiger partial charge is 0.341 e. The van der Waals surface area contributed by atoms with Crippen LogP contribution in [0.3, 0.4) is 0 Å². The lowest BCUT2D eigenvalue weighted by atomic mass is 10.1. The van der Waals surface area contributed by atoms with E-state index >= 15 is 0 Å². The second-order valence-electron chi connectivity index (χ2n) is 5.36. The quantitative estimate of drug-likeness (QED) is 0.666. The molecule has 8 nitrogen and oxygen atoms in total. The van der Waals surface area contributed by atoms with Crippen LogP contribution in [-0.2, 0) is 9.53 Å². The third-order valence-electron chi connectivity index (χ3n) is 3.51. The predicted molar refractivity (Wildman–Crippen MR) is 101 cm³/mol. The first kappa shape index (κ1) is 20.2. The molecule has 0 saturated heterocycles. The number of thiophene rings is 1. The Kier molecular flexibility index (Phi) is 6.78. The molecule has 1 heterocycles. The topological polar surface area (TPSA) is 117 Å². The summed E-state index contributed by atoms with van der Waals surface area (Å²) in [5.41, 5.74) is 5.82. The number of benzene rings is 1. The lowest BCUT2D eigenvalue weighted by molar-refractivity contribution is -0.118. The van der Waals surface area contributed by atoms with E-state index in [0.29, 0.717) is 17.1 Å². The zero-order chi connectivity index (χ0) is 20.0. The van der Waals surface area contributed by atoms with Crippen LogP contribution in [0.25, 0.3) is 0 Å². The molecule has 1 aromatic carbocycles. The highest BCUT2D eigenvalue weighted by Crippen LogP contribution is 2.33. The Morgan fingerprint density at radius 1 is 1.22 bits per heavy atom. The number of ether oxygens (including phenoxy) is 3. The normalized spacial score (nSPS) is 10.2. The molecule has 0 fully saturated rings. The SMILES string of the molecule is CCOC(=O)c1c(NC(=O)COc2cccc(OC)c2)sc(C(N)=O)c1C. The van der Waals surface area contributed by atoms with Crippen molar-refractivity contribution in [3.8, 4) is 11.5 Å². The van der Waals surface area contributed by atoms with Gasteiger partial charge in [0, 0.05) is 6.07 Å². The van der Waals surface area contributed by atoms with Gasteiger partial charge in [0.25, 0.3) is 11.8 Å². The molecule has 0 aliphatic heterocycles. The molecular weight excluding hydrogens is 372 g/mol. The molecule has 2 rings (SSSR count). The minimum atomic E-state index is -0.684. The summed E-state index contributed by atoms with van der Waals surface area (Å²) in [6.45, 7) is 3.10. The third kappa shape index (κ3) is 4.98. The molecule has 144 valence electrons. The van der Waals surface area contributed by atoms with Gasteiger partial charge >= 0.3 is 5.97 Å². The monoisotopic (exact) mass is 392 g/mol. The fraction of sp³-hybridized carbons (Fsp3) is 0.278. The van der Waals surface area contributed by atoms with Crippen molar-refractivity contribution in [3.63, 3.8) is 0 Å². The van der Waals surface area contributed by atoms with Crippen molar-refractivity contribution < 1.29 is 28.6 Å². The number of hydrogen-bond donors (Lipinski definition) is 2. The summed E-state index contributed by atoms with van der Waals surface area (Å²) in [7, 11) is 1.53. The van der Waals surface area contributed by atoms with Crippen LogP contribution >= 0.6 is 11.3 Å². The summed E-state index contributed by atoms with van der Waals surface area (Å²) in [6.07, 6.45) is 0. The molecule has 3 N–H and O–H groups in total. The minimum Gasteiger partial charge on any atom is -0.497 e. The molecule has 0 unspecified atom stereocenters. The highest BCUT2D eigenvalue weighted by atomic mass is 32.1. The van der Waals surface area contributed by atoms with Gasteiger partial charge in [0.2, 0.25) is 0 Å². The molecular formula is C18H20N2O6S. The Labute approximate surface area is 160 Å². The van der Waals surface area contributed by atoms with Crippen molar-refractivity contribution in [2.75, 3.05) is 25.6 Å². The largest absolute Gasteiger partial charge is 0.497 e. The first-order valence-electron chi connectivity index (χ1n) is 8.04. The first-order valence-corrected chi connectivity index (χ1v) is 8.86. The summed E-state index contributed by atoms with van der Waals surface area (Å²) in [6, 6.07) is 6.79. The van der Waals surface area contributed by atoms with Crippen LogP contribution in [0.1, 0.15) is 32.5 Å². The Morgan fingerprint density at radius 3 is 2.56 bits per heavy atom. The van der Waals surface area contributed by atoms with Crippen LogP contribution in [-0.4, -0.2) is 38.1 Å². The second kappa shape index (κ2) is 9.04. The Bertz CT molecular complexity index is 862. The molecule has 0 radical (unpaired) electrons. The van der Waals surface area contributed by atoms with Crippen molar-refractivity contribution in [1.82, 2.24) is 0 Å². The van der Waals surface area contributed by atoms with Gasteiger partial charge in [-0.3, -0.25) is 9.59 Å². The average molecular weight is 392 g/mol. The van der Waals surface area contributed by atoms with E-state index in [0.717, 1.165) is 11.3 Å². The van der Waals surface area contributed by atoms with Gasteiger partial charge in [-0.05, 0) is 31.5 Å². The van der Waals surface area contributed by atoms with Gasteiger partial charge in [-0.25, -0.2) is 4.79 Å². The van der Waals surface area contributed by atoms with Crippen molar-refractivity contribution in [3.05, 3.63) is 40.3 Å². The zero-order valence-corrected chi connectivity index (χ0v) is 16.0. The number of methoxy groups -OCH3 is 1. The number of amides is 2. The minimum absolute atomic E-state index is 0.116. The lowest BCUT2D eigenvalue weighted by Gasteiger charge is -2.09. The number of nitrogens with two attached hydrogens (primary N) is 1. The maximum absolute atomic E-state index is 12.2. The average Bonchev–Trinajstić information content (AvgIpc) is 2.96. The second-order valence-corrected chi connectivity index (χ2v) is 6.38. The van der Waals surface area contributed by atoms with Gasteiger partial charge in [-0.2, -0.15) is 0 Å². The van der Waals surface area contributed by atoms with E-state index < -0.39 is 17.8 Å². The lowest BCUT2D eigenvalue weighted by Crippen LogP contribution is -2.21. The van der Waals surface area contributed by atoms with Crippen LogP contribution in [0.4, 0.5) is 5.00 Å². The predicted octanol–water partition coefficient (Wildman–Crippen LogP) is 2.36. The number of carbonyl (C=O) groups is 3. The molecule has 2 amide bonds. The molecule has 2 aromatic rings. The summed E-state index contributed by atoms with van der Waals surface area (Å²) >= 11 is 0.922. The van der Waals surface area contributed by atoms with E-state index in [1.54, 1.807) is 38.1 Å². The maximum atomic E-state index is 12.2. The number of nitrogens with one attached hydrogen (secondary N) is 1. The summed E-state index contributed by atoms with van der Waals surface area (Å²) in [4.78, 5) is 36.2. The fourth-order valence-corrected chi connectivity index (χ4v) is 3.35. The molecule has 1 aromatic heterocycles. The number of esters is 1. The van der Waals surface area contributed by atoms with E-state index in [1.807, 2.05) is 0 Å². The summed E-state index contributed by atoms with van der Waals surface area (Å²) < 4.78 is 15.5. The number of primary amides is 1. The molecule has 9 heteroatoms. The highest BCUT2D eigenvalue weighted by Gasteiger charge is 2.25. The van der Waals surface area contributed by atoms with Gasteiger partial charge in [0.15, 0.2) is 6.61 Å². The maximum Gasteiger partial charge on any atom is 0.341 e. The van der Waals surface area contributed by atoms with Gasteiger partial charge in [-0.1, -0.05) is 6.07 Å². The Balaban J connectivity index is 2.15. The Hall–Kier alpha value is -3.07. The van der Waals surface area contributed by atoms with Gasteiger partial charge in [0.1, 0.15) is 16.5 Å². The Morgan fingerprint density at radius 2 is 1.93 bits per heavy atom. The van der Waals surface area contributed by atoms with Gasteiger partial charge in [0.05, 0.1) is 24.2 Å². The molecule has 0 saturated carbocycles. The van der Waals surface area contributed by atoms with Gasteiger partial charge < -0.3 is 25.3 Å². The molecule has 27 heavy (non-hydrogen) atoms. The van der Waals surface area contributed by atoms with Gasteiger partial charge in [-0.15, -0.1) is 11.3 Å². The molecule has 0 atom stereocenters. The van der Waals surface area contributed by atoms with E-state index in [-0.39, 0.29) is 28.7 Å². The molecule has 0 spiro atoms. The van der Waals surface area contributed by atoms with Crippen molar-refractivity contribution in [2.24, 2.45) is 5.73 Å². The highest BCUT2D eigenvalue weighted by molar-refractivity contribution is 7.18. The number of anilines is 1. The van der Waals surface area contributed by atoms with Crippen LogP contribution in [0.15, 0.2) is 24.3 Å². The standard InChI is InChI=1S/C18H20N2O6S/c1-4-25-18(23)14-10(2)15(16(19)22)27-17(14)20-13(21)9-26-12-7-5-6-11(8-12)24-3/h5-8H,4,9H2,1-3H3,(H2,19,22)(H,20,21). The summed E-state index contributed by atoms with van der Waals surface area (Å²) in [5, 5.41) is 2.77. The third-order valence-corrected chi connectivity index (χ3v) is 4.74. The van der Waals surface area contributed by atoms with E-state index in [4.69, 9.17) is 19.9 Å². The molecule has 0 aliphatic rings. The van der Waals surface area contributed by atoms with E-state index in [2.05, 4.69) is 5.32 Å². The number of hydrogen-bond acceptors (Lipinski definition) is 7. The van der Waals surface area contributed by atoms with Crippen LogP contribution < -0.4 is 20.5 Å². The van der Waals surface area contributed by atoms with Crippen LogP contribution in [0, 0.1) is 6.92 Å². The molecule has 0 aliphatic carbocycles. The van der Waals surface area contributed by atoms with E-state index in [1.165, 1.54) is 7.11 Å².